The molecule has 1 N–H and O–H groups in total. The summed E-state index contributed by atoms with van der Waals surface area (Å²) >= 11 is 6.27. The minimum Gasteiger partial charge on any atom is -0.379 e. The van der Waals surface area contributed by atoms with E-state index >= 15 is 0 Å². The number of halogens is 1. The van der Waals surface area contributed by atoms with Crippen molar-refractivity contribution in [2.24, 2.45) is 5.92 Å². The largest absolute Gasteiger partial charge is 0.379 e. The van der Waals surface area contributed by atoms with E-state index in [-0.39, 0.29) is 5.28 Å². The van der Waals surface area contributed by atoms with E-state index in [1.165, 1.54) is 44.9 Å². The average Bonchev–Trinajstić information content (AvgIpc) is 3.41. The van der Waals surface area contributed by atoms with Gasteiger partial charge in [0.1, 0.15) is 0 Å². The fourth-order valence-corrected chi connectivity index (χ4v) is 4.84. The quantitative estimate of drug-likeness (QED) is 0.430. The maximum absolute atomic E-state index is 6.27. The molecule has 166 valence electrons. The molecular weight excluding hydrogens is 400 g/mol. The fourth-order valence-electron chi connectivity index (χ4n) is 4.68. The van der Waals surface area contributed by atoms with Gasteiger partial charge in [0, 0.05) is 25.7 Å². The Morgan fingerprint density at radius 3 is 2.70 bits per heavy atom. The Labute approximate surface area is 184 Å². The molecule has 1 unspecified atom stereocenters. The van der Waals surface area contributed by atoms with Gasteiger partial charge in [-0.3, -0.25) is 0 Å². The van der Waals surface area contributed by atoms with Crippen LogP contribution >= 0.6 is 11.6 Å². The number of hydrogen-bond donors (Lipinski definition) is 1. The molecular formula is C22H35ClN6O. The number of rotatable bonds is 9. The van der Waals surface area contributed by atoms with Gasteiger partial charge in [0.15, 0.2) is 17.0 Å². The van der Waals surface area contributed by atoms with E-state index in [9.17, 15) is 0 Å². The van der Waals surface area contributed by atoms with Gasteiger partial charge < -0.3 is 14.7 Å². The molecule has 2 aromatic heterocycles. The third-order valence-electron chi connectivity index (χ3n) is 6.72. The maximum Gasteiger partial charge on any atom is 0.226 e. The fraction of sp³-hybridized carbons (Fsp3) is 0.773. The van der Waals surface area contributed by atoms with Crippen molar-refractivity contribution in [2.75, 3.05) is 25.1 Å². The molecule has 1 saturated heterocycles. The van der Waals surface area contributed by atoms with Crippen LogP contribution in [0.3, 0.4) is 0 Å². The summed E-state index contributed by atoms with van der Waals surface area (Å²) in [5.41, 5.74) is 5.14. The Hall–Kier alpha value is -1.44. The lowest BCUT2D eigenvalue weighted by atomic mass is 9.93. The van der Waals surface area contributed by atoms with Crippen molar-refractivity contribution < 1.29 is 4.74 Å². The first-order valence-electron chi connectivity index (χ1n) is 11.7. The number of nitrogens with one attached hydrogen (secondary N) is 1. The summed E-state index contributed by atoms with van der Waals surface area (Å²) in [7, 11) is 0. The van der Waals surface area contributed by atoms with Crippen LogP contribution in [0.4, 0.5) is 5.82 Å². The van der Waals surface area contributed by atoms with Gasteiger partial charge in [-0.1, -0.05) is 19.8 Å². The van der Waals surface area contributed by atoms with Crippen molar-refractivity contribution >= 4 is 28.6 Å². The number of hydrazine groups is 1. The molecule has 7 nitrogen and oxygen atoms in total. The molecule has 1 atom stereocenters. The molecule has 0 amide bonds. The molecule has 2 aromatic rings. The number of nitrogens with zero attached hydrogens (tertiary/aromatic N) is 5. The zero-order valence-corrected chi connectivity index (χ0v) is 19.1. The Kier molecular flexibility index (Phi) is 7.44. The van der Waals surface area contributed by atoms with Gasteiger partial charge >= 0.3 is 0 Å². The minimum atomic E-state index is 0.279. The number of fused-ring (bicyclic) bond motifs is 1. The third kappa shape index (κ3) is 5.24. The van der Waals surface area contributed by atoms with E-state index in [1.807, 2.05) is 6.33 Å². The molecule has 2 aliphatic rings. The Morgan fingerprint density at radius 2 is 1.97 bits per heavy atom. The van der Waals surface area contributed by atoms with Crippen LogP contribution in [0.15, 0.2) is 6.33 Å². The lowest BCUT2D eigenvalue weighted by Crippen LogP contribution is -2.38. The van der Waals surface area contributed by atoms with Gasteiger partial charge in [0.05, 0.1) is 12.4 Å². The van der Waals surface area contributed by atoms with Gasteiger partial charge in [0.25, 0.3) is 0 Å². The average molecular weight is 435 g/mol. The zero-order chi connectivity index (χ0) is 20.9. The highest BCUT2D eigenvalue weighted by Crippen LogP contribution is 2.33. The molecule has 2 fully saturated rings. The number of imidazole rings is 1. The molecule has 8 heteroatoms. The smallest absolute Gasteiger partial charge is 0.226 e. The normalized spacial score (nSPS) is 20.2. The maximum atomic E-state index is 6.27. The second-order valence-electron chi connectivity index (χ2n) is 8.88. The summed E-state index contributed by atoms with van der Waals surface area (Å²) in [5, 5.41) is 2.53. The highest BCUT2D eigenvalue weighted by Gasteiger charge is 2.24. The predicted octanol–water partition coefficient (Wildman–Crippen LogP) is 5.23. The zero-order valence-electron chi connectivity index (χ0n) is 18.3. The lowest BCUT2D eigenvalue weighted by molar-refractivity contribution is 0.0570. The van der Waals surface area contributed by atoms with Crippen LogP contribution in [0.5, 0.6) is 0 Å². The molecule has 0 radical (unpaired) electrons. The van der Waals surface area contributed by atoms with E-state index < -0.39 is 0 Å². The summed E-state index contributed by atoms with van der Waals surface area (Å²) in [6.45, 7) is 7.21. The van der Waals surface area contributed by atoms with E-state index in [2.05, 4.69) is 43.8 Å². The molecule has 30 heavy (non-hydrogen) atoms. The van der Waals surface area contributed by atoms with Crippen LogP contribution in [0.1, 0.15) is 77.7 Å². The van der Waals surface area contributed by atoms with Crippen LogP contribution in [0.25, 0.3) is 11.2 Å². The van der Waals surface area contributed by atoms with Gasteiger partial charge in [-0.2, -0.15) is 9.97 Å². The number of hydrogen-bond acceptors (Lipinski definition) is 6. The van der Waals surface area contributed by atoms with Gasteiger partial charge in [0.2, 0.25) is 5.28 Å². The first kappa shape index (κ1) is 21.8. The summed E-state index contributed by atoms with van der Waals surface area (Å²) in [5.74, 6) is 1.50. The monoisotopic (exact) mass is 434 g/mol. The first-order chi connectivity index (χ1) is 14.6. The van der Waals surface area contributed by atoms with Crippen LogP contribution in [-0.2, 0) is 4.74 Å². The third-order valence-corrected chi connectivity index (χ3v) is 6.89. The summed E-state index contributed by atoms with van der Waals surface area (Å²) in [6.07, 6.45) is 13.1. The number of piperidine rings is 1. The van der Waals surface area contributed by atoms with Crippen molar-refractivity contribution in [3.8, 4) is 0 Å². The highest BCUT2D eigenvalue weighted by atomic mass is 35.5. The molecule has 0 aromatic carbocycles. The molecule has 1 aliphatic heterocycles. The van der Waals surface area contributed by atoms with Gasteiger partial charge in [-0.15, -0.1) is 0 Å². The summed E-state index contributed by atoms with van der Waals surface area (Å²) < 4.78 is 8.00. The number of anilines is 1. The van der Waals surface area contributed by atoms with E-state index in [1.54, 1.807) is 0 Å². The predicted molar refractivity (Wildman–Crippen MR) is 121 cm³/mol. The van der Waals surface area contributed by atoms with Crippen LogP contribution in [-0.4, -0.2) is 50.3 Å². The molecule has 0 bridgehead atoms. The van der Waals surface area contributed by atoms with Crippen molar-refractivity contribution in [2.45, 2.75) is 83.8 Å². The second kappa shape index (κ2) is 10.2. The van der Waals surface area contributed by atoms with Crippen molar-refractivity contribution in [3.05, 3.63) is 11.6 Å². The second-order valence-corrected chi connectivity index (χ2v) is 9.22. The molecule has 3 heterocycles. The van der Waals surface area contributed by atoms with Crippen LogP contribution < -0.4 is 5.43 Å². The van der Waals surface area contributed by atoms with Crippen molar-refractivity contribution in [3.63, 3.8) is 0 Å². The van der Waals surface area contributed by atoms with E-state index in [4.69, 9.17) is 16.3 Å². The molecule has 1 saturated carbocycles. The topological polar surface area (TPSA) is 68.1 Å². The summed E-state index contributed by atoms with van der Waals surface area (Å²) in [6, 6.07) is 0.480. The highest BCUT2D eigenvalue weighted by molar-refractivity contribution is 6.28. The van der Waals surface area contributed by atoms with Crippen LogP contribution in [0.2, 0.25) is 5.28 Å². The minimum absolute atomic E-state index is 0.279. The molecule has 0 spiro atoms. The van der Waals surface area contributed by atoms with Crippen LogP contribution in [0, 0.1) is 5.92 Å². The van der Waals surface area contributed by atoms with E-state index in [0.717, 1.165) is 55.4 Å². The summed E-state index contributed by atoms with van der Waals surface area (Å²) in [4.78, 5) is 13.6. The number of aromatic nitrogens is 4. The van der Waals surface area contributed by atoms with E-state index in [0.29, 0.717) is 12.1 Å². The Balaban J connectivity index is 1.32. The van der Waals surface area contributed by atoms with Crippen molar-refractivity contribution in [1.82, 2.24) is 24.5 Å². The number of ether oxygens (including phenoxy) is 1. The first-order valence-corrected chi connectivity index (χ1v) is 12.0. The lowest BCUT2D eigenvalue weighted by Gasteiger charge is -2.32. The van der Waals surface area contributed by atoms with Gasteiger partial charge in [-0.05, 0) is 69.4 Å². The molecule has 4 rings (SSSR count). The van der Waals surface area contributed by atoms with Gasteiger partial charge in [-0.25, -0.2) is 9.99 Å². The standard InChI is InChI=1S/C22H35ClN6O/c1-3-16(2)30-14-6-7-17-10-12-28(13-11-17)27-20-19-21(26-22(23)25-20)29(15-24-19)18-8-4-5-9-18/h15-18H,3-14H2,1-2H3,(H,25,26,27). The Bertz CT molecular complexity index is 813. The Morgan fingerprint density at radius 1 is 1.20 bits per heavy atom. The van der Waals surface area contributed by atoms with Crippen molar-refractivity contribution in [1.29, 1.82) is 0 Å². The molecule has 1 aliphatic carbocycles. The SMILES string of the molecule is CCC(C)OCCCC1CCN(Nc2nc(Cl)nc3c2ncn3C2CCCC2)CC1.